The lowest BCUT2D eigenvalue weighted by molar-refractivity contribution is -0.131. The molecule has 0 aromatic heterocycles. The molecular formula is C17H16O3. The van der Waals surface area contributed by atoms with Gasteiger partial charge in [-0.3, -0.25) is 0 Å². The van der Waals surface area contributed by atoms with Crippen molar-refractivity contribution in [2.45, 2.75) is 13.8 Å². The Morgan fingerprint density at radius 2 is 1.80 bits per heavy atom. The lowest BCUT2D eigenvalue weighted by Gasteiger charge is -2.10. The van der Waals surface area contributed by atoms with Crippen LogP contribution in [0.5, 0.6) is 11.5 Å². The lowest BCUT2D eigenvalue weighted by Crippen LogP contribution is -1.90. The van der Waals surface area contributed by atoms with Crippen LogP contribution in [0.25, 0.3) is 6.08 Å². The number of ether oxygens (including phenoxy) is 1. The standard InChI is InChI=1S/C17H16O3/c1-12-4-3-5-16(13(12)2)20-15-9-6-14(7-10-15)8-11-17(18)19/h3-11H,1-2H3,(H,18,19). The van der Waals surface area contributed by atoms with Gasteiger partial charge in [0.2, 0.25) is 0 Å². The summed E-state index contributed by atoms with van der Waals surface area (Å²) in [5.41, 5.74) is 3.12. The van der Waals surface area contributed by atoms with E-state index in [2.05, 4.69) is 0 Å². The topological polar surface area (TPSA) is 46.5 Å². The molecule has 20 heavy (non-hydrogen) atoms. The second-order valence-electron chi connectivity index (χ2n) is 4.54. The molecule has 0 spiro atoms. The highest BCUT2D eigenvalue weighted by atomic mass is 16.5. The van der Waals surface area contributed by atoms with Gasteiger partial charge >= 0.3 is 5.97 Å². The fourth-order valence-electron chi connectivity index (χ4n) is 1.78. The maximum Gasteiger partial charge on any atom is 0.328 e. The zero-order valence-electron chi connectivity index (χ0n) is 11.5. The van der Waals surface area contributed by atoms with Crippen molar-refractivity contribution in [1.82, 2.24) is 0 Å². The second-order valence-corrected chi connectivity index (χ2v) is 4.54. The number of aliphatic carboxylic acids is 1. The molecule has 0 amide bonds. The molecule has 0 unspecified atom stereocenters. The van der Waals surface area contributed by atoms with Gasteiger partial charge in [0.15, 0.2) is 0 Å². The van der Waals surface area contributed by atoms with E-state index >= 15 is 0 Å². The van der Waals surface area contributed by atoms with E-state index in [0.29, 0.717) is 0 Å². The first-order chi connectivity index (χ1) is 9.56. The van der Waals surface area contributed by atoms with Crippen LogP contribution in [0.2, 0.25) is 0 Å². The molecule has 0 atom stereocenters. The summed E-state index contributed by atoms with van der Waals surface area (Å²) in [6.45, 7) is 4.07. The predicted molar refractivity (Wildman–Crippen MR) is 79.1 cm³/mol. The first-order valence-corrected chi connectivity index (χ1v) is 6.31. The Morgan fingerprint density at radius 1 is 1.10 bits per heavy atom. The molecular weight excluding hydrogens is 252 g/mol. The maximum absolute atomic E-state index is 10.4. The van der Waals surface area contributed by atoms with Gasteiger partial charge in [-0.2, -0.15) is 0 Å². The van der Waals surface area contributed by atoms with Crippen LogP contribution in [-0.4, -0.2) is 11.1 Å². The highest BCUT2D eigenvalue weighted by Crippen LogP contribution is 2.27. The van der Waals surface area contributed by atoms with E-state index in [1.54, 1.807) is 6.08 Å². The molecule has 0 radical (unpaired) electrons. The number of aryl methyl sites for hydroxylation is 1. The van der Waals surface area contributed by atoms with Crippen molar-refractivity contribution in [3.05, 3.63) is 65.2 Å². The van der Waals surface area contributed by atoms with Crippen LogP contribution in [0.1, 0.15) is 16.7 Å². The third-order valence-corrected chi connectivity index (χ3v) is 3.08. The van der Waals surface area contributed by atoms with Crippen molar-refractivity contribution >= 4 is 12.0 Å². The van der Waals surface area contributed by atoms with E-state index in [-0.39, 0.29) is 0 Å². The van der Waals surface area contributed by atoms with E-state index < -0.39 is 5.97 Å². The van der Waals surface area contributed by atoms with Crippen LogP contribution in [-0.2, 0) is 4.79 Å². The van der Waals surface area contributed by atoms with Gasteiger partial charge < -0.3 is 9.84 Å². The molecule has 0 saturated heterocycles. The van der Waals surface area contributed by atoms with Gasteiger partial charge in [0, 0.05) is 6.08 Å². The van der Waals surface area contributed by atoms with E-state index in [1.165, 1.54) is 5.56 Å². The number of rotatable bonds is 4. The van der Waals surface area contributed by atoms with Gasteiger partial charge in [0.05, 0.1) is 0 Å². The Kier molecular flexibility index (Phi) is 4.20. The van der Waals surface area contributed by atoms with Crippen molar-refractivity contribution in [2.24, 2.45) is 0 Å². The van der Waals surface area contributed by atoms with Crippen LogP contribution in [0.15, 0.2) is 48.5 Å². The molecule has 0 fully saturated rings. The normalized spacial score (nSPS) is 10.7. The minimum atomic E-state index is -0.958. The molecule has 0 heterocycles. The van der Waals surface area contributed by atoms with Crippen molar-refractivity contribution < 1.29 is 14.6 Å². The van der Waals surface area contributed by atoms with Crippen LogP contribution in [0.3, 0.4) is 0 Å². The Hall–Kier alpha value is -2.55. The fraction of sp³-hybridized carbons (Fsp3) is 0.118. The highest BCUT2D eigenvalue weighted by molar-refractivity contribution is 5.85. The zero-order valence-corrected chi connectivity index (χ0v) is 11.5. The van der Waals surface area contributed by atoms with E-state index in [0.717, 1.165) is 28.7 Å². The summed E-state index contributed by atoms with van der Waals surface area (Å²) >= 11 is 0. The smallest absolute Gasteiger partial charge is 0.328 e. The predicted octanol–water partition coefficient (Wildman–Crippen LogP) is 4.19. The molecule has 2 aromatic carbocycles. The SMILES string of the molecule is Cc1cccc(Oc2ccc(C=CC(=O)O)cc2)c1C. The number of carbonyl (C=O) groups is 1. The molecule has 0 aliphatic carbocycles. The summed E-state index contributed by atoms with van der Waals surface area (Å²) in [6, 6.07) is 13.2. The summed E-state index contributed by atoms with van der Waals surface area (Å²) in [5.74, 6) is 0.603. The number of hydrogen-bond donors (Lipinski definition) is 1. The zero-order chi connectivity index (χ0) is 14.5. The molecule has 3 heteroatoms. The summed E-state index contributed by atoms with van der Waals surface area (Å²) in [6.07, 6.45) is 2.66. The molecule has 2 rings (SSSR count). The molecule has 3 nitrogen and oxygen atoms in total. The molecule has 0 aliphatic heterocycles. The van der Waals surface area contributed by atoms with Crippen molar-refractivity contribution in [3.63, 3.8) is 0 Å². The fourth-order valence-corrected chi connectivity index (χ4v) is 1.78. The number of carboxylic acid groups (broad SMARTS) is 1. The van der Waals surface area contributed by atoms with Gasteiger partial charge in [-0.05, 0) is 54.8 Å². The second kappa shape index (κ2) is 6.06. The van der Waals surface area contributed by atoms with Gasteiger partial charge in [0.25, 0.3) is 0 Å². The van der Waals surface area contributed by atoms with Gasteiger partial charge in [0.1, 0.15) is 11.5 Å². The molecule has 2 aromatic rings. The van der Waals surface area contributed by atoms with E-state index in [4.69, 9.17) is 9.84 Å². The summed E-state index contributed by atoms with van der Waals surface area (Å²) < 4.78 is 5.83. The van der Waals surface area contributed by atoms with Crippen molar-refractivity contribution in [1.29, 1.82) is 0 Å². The van der Waals surface area contributed by atoms with Gasteiger partial charge in [-0.25, -0.2) is 4.79 Å². The largest absolute Gasteiger partial charge is 0.478 e. The number of benzene rings is 2. The average Bonchev–Trinajstić information content (AvgIpc) is 2.43. The van der Waals surface area contributed by atoms with Crippen LogP contribution in [0, 0.1) is 13.8 Å². The Bertz CT molecular complexity index is 640. The maximum atomic E-state index is 10.4. The number of hydrogen-bond acceptors (Lipinski definition) is 2. The molecule has 1 N–H and O–H groups in total. The summed E-state index contributed by atoms with van der Waals surface area (Å²) in [4.78, 5) is 10.4. The van der Waals surface area contributed by atoms with E-state index in [1.807, 2.05) is 56.3 Å². The van der Waals surface area contributed by atoms with Crippen LogP contribution in [0.4, 0.5) is 0 Å². The first kappa shape index (κ1) is 13.9. The Balaban J connectivity index is 2.15. The van der Waals surface area contributed by atoms with Crippen molar-refractivity contribution in [2.75, 3.05) is 0 Å². The monoisotopic (exact) mass is 268 g/mol. The summed E-state index contributed by atoms with van der Waals surface area (Å²) in [5, 5.41) is 8.57. The third kappa shape index (κ3) is 3.48. The number of carboxylic acids is 1. The average molecular weight is 268 g/mol. The molecule has 0 aliphatic rings. The molecule has 0 saturated carbocycles. The first-order valence-electron chi connectivity index (χ1n) is 6.31. The third-order valence-electron chi connectivity index (χ3n) is 3.08. The van der Waals surface area contributed by atoms with Gasteiger partial charge in [-0.15, -0.1) is 0 Å². The summed E-state index contributed by atoms with van der Waals surface area (Å²) in [7, 11) is 0. The van der Waals surface area contributed by atoms with Crippen LogP contribution >= 0.6 is 0 Å². The van der Waals surface area contributed by atoms with E-state index in [9.17, 15) is 4.79 Å². The minimum Gasteiger partial charge on any atom is -0.478 e. The Morgan fingerprint density at radius 3 is 2.45 bits per heavy atom. The lowest BCUT2D eigenvalue weighted by atomic mass is 10.1. The molecule has 0 bridgehead atoms. The highest BCUT2D eigenvalue weighted by Gasteiger charge is 2.03. The molecule has 102 valence electrons. The van der Waals surface area contributed by atoms with Crippen LogP contribution < -0.4 is 4.74 Å². The quantitative estimate of drug-likeness (QED) is 0.845. The van der Waals surface area contributed by atoms with Gasteiger partial charge in [-0.1, -0.05) is 24.3 Å². The minimum absolute atomic E-state index is 0.728. The Labute approximate surface area is 118 Å². The van der Waals surface area contributed by atoms with Crippen molar-refractivity contribution in [3.8, 4) is 11.5 Å².